The molecule has 35 heavy (non-hydrogen) atoms. The molecule has 1 aromatic heterocycles. The van der Waals surface area contributed by atoms with E-state index in [1.807, 2.05) is 25.1 Å². The number of aromatic nitrogens is 2. The monoisotopic (exact) mass is 470 g/mol. The number of piperidine rings is 1. The smallest absolute Gasteiger partial charge is 0.262 e. The van der Waals surface area contributed by atoms with Gasteiger partial charge in [-0.25, -0.2) is 4.98 Å². The zero-order valence-electron chi connectivity index (χ0n) is 19.5. The van der Waals surface area contributed by atoms with Crippen molar-refractivity contribution in [3.63, 3.8) is 0 Å². The highest BCUT2D eigenvalue weighted by Gasteiger charge is 2.36. The van der Waals surface area contributed by atoms with E-state index in [0.29, 0.717) is 22.6 Å². The number of hydrogen-bond donors (Lipinski definition) is 2. The zero-order valence-corrected chi connectivity index (χ0v) is 19.5. The molecule has 3 heterocycles. The summed E-state index contributed by atoms with van der Waals surface area (Å²) < 4.78 is 0. The molecule has 1 fully saturated rings. The average Bonchev–Trinajstić information content (AvgIpc) is 3.10. The van der Waals surface area contributed by atoms with Crippen molar-refractivity contribution in [2.24, 2.45) is 0 Å². The summed E-state index contributed by atoms with van der Waals surface area (Å²) in [5, 5.41) is 6.04. The van der Waals surface area contributed by atoms with Crippen LogP contribution in [0.4, 0.5) is 23.1 Å². The maximum Gasteiger partial charge on any atom is 0.262 e. The van der Waals surface area contributed by atoms with Crippen LogP contribution < -0.4 is 15.5 Å². The van der Waals surface area contributed by atoms with E-state index in [0.717, 1.165) is 48.2 Å². The van der Waals surface area contributed by atoms with Gasteiger partial charge in [-0.15, -0.1) is 0 Å². The number of rotatable bonds is 6. The molecule has 2 aliphatic heterocycles. The van der Waals surface area contributed by atoms with Crippen molar-refractivity contribution < 1.29 is 14.4 Å². The van der Waals surface area contributed by atoms with Crippen molar-refractivity contribution in [3.05, 3.63) is 71.4 Å². The van der Waals surface area contributed by atoms with Gasteiger partial charge in [0.25, 0.3) is 11.8 Å². The van der Waals surface area contributed by atoms with E-state index in [4.69, 9.17) is 0 Å². The van der Waals surface area contributed by atoms with Gasteiger partial charge in [0.2, 0.25) is 11.9 Å². The highest BCUT2D eigenvalue weighted by molar-refractivity contribution is 6.22. The number of anilines is 4. The second-order valence-electron chi connectivity index (χ2n) is 8.73. The first kappa shape index (κ1) is 22.5. The molecule has 0 atom stereocenters. The molecule has 178 valence electrons. The third-order valence-corrected chi connectivity index (χ3v) is 6.10. The number of amides is 3. The molecule has 3 amide bonds. The number of hydrogen-bond acceptors (Lipinski definition) is 7. The van der Waals surface area contributed by atoms with Crippen LogP contribution in [0.2, 0.25) is 0 Å². The molecule has 2 aliphatic rings. The maximum absolute atomic E-state index is 12.5. The summed E-state index contributed by atoms with van der Waals surface area (Å²) in [6.45, 7) is 3.55. The Kier molecular flexibility index (Phi) is 6.13. The molecule has 0 spiro atoms. The van der Waals surface area contributed by atoms with Gasteiger partial charge in [0.15, 0.2) is 0 Å². The van der Waals surface area contributed by atoms with Gasteiger partial charge in [-0.2, -0.15) is 4.98 Å². The lowest BCUT2D eigenvalue weighted by Gasteiger charge is -2.27. The Morgan fingerprint density at radius 2 is 1.51 bits per heavy atom. The summed E-state index contributed by atoms with van der Waals surface area (Å²) in [5.41, 5.74) is 2.91. The summed E-state index contributed by atoms with van der Waals surface area (Å²) in [5.74, 6) is 0.0938. The lowest BCUT2D eigenvalue weighted by atomic mass is 10.1. The summed E-state index contributed by atoms with van der Waals surface area (Å²) in [4.78, 5) is 49.9. The van der Waals surface area contributed by atoms with Crippen LogP contribution >= 0.6 is 0 Å². The standard InChI is InChI=1S/C26H26N6O3/c1-17-15-22(30-26(27-17)31-13-5-2-6-14-31)28-18-9-11-19(12-10-18)29-23(33)16-32-24(34)20-7-3-4-8-21(20)25(32)35/h3-4,7-12,15H,2,5-6,13-14,16H2,1H3,(H,29,33)(H,27,28,30). The molecule has 0 unspecified atom stereocenters. The number of carbonyl (C=O) groups excluding carboxylic acids is 3. The second-order valence-corrected chi connectivity index (χ2v) is 8.73. The Morgan fingerprint density at radius 1 is 0.886 bits per heavy atom. The largest absolute Gasteiger partial charge is 0.341 e. The Bertz CT molecular complexity index is 1250. The van der Waals surface area contributed by atoms with Gasteiger partial charge in [-0.3, -0.25) is 19.3 Å². The fraction of sp³-hybridized carbons (Fsp3) is 0.269. The molecule has 9 nitrogen and oxygen atoms in total. The molecule has 2 aromatic carbocycles. The molecule has 1 saturated heterocycles. The number of nitrogens with zero attached hydrogens (tertiary/aromatic N) is 4. The molecular weight excluding hydrogens is 444 g/mol. The number of aryl methyl sites for hydroxylation is 1. The van der Waals surface area contributed by atoms with Gasteiger partial charge in [-0.05, 0) is 62.6 Å². The zero-order chi connectivity index (χ0) is 24.4. The van der Waals surface area contributed by atoms with Crippen LogP contribution in [-0.4, -0.2) is 52.2 Å². The molecule has 0 bridgehead atoms. The van der Waals surface area contributed by atoms with Gasteiger partial charge >= 0.3 is 0 Å². The van der Waals surface area contributed by atoms with Gasteiger partial charge in [0, 0.05) is 36.2 Å². The Hall–Kier alpha value is -4.27. The Morgan fingerprint density at radius 3 is 2.17 bits per heavy atom. The summed E-state index contributed by atoms with van der Waals surface area (Å²) in [6.07, 6.45) is 3.55. The van der Waals surface area contributed by atoms with E-state index in [1.165, 1.54) is 6.42 Å². The molecular formula is C26H26N6O3. The van der Waals surface area contributed by atoms with E-state index >= 15 is 0 Å². The van der Waals surface area contributed by atoms with E-state index in [-0.39, 0.29) is 6.54 Å². The molecule has 9 heteroatoms. The minimum Gasteiger partial charge on any atom is -0.341 e. The molecule has 0 saturated carbocycles. The molecule has 2 N–H and O–H groups in total. The first-order valence-electron chi connectivity index (χ1n) is 11.7. The van der Waals surface area contributed by atoms with Crippen molar-refractivity contribution in [2.45, 2.75) is 26.2 Å². The first-order valence-corrected chi connectivity index (χ1v) is 11.7. The van der Waals surface area contributed by atoms with Crippen LogP contribution in [0.1, 0.15) is 45.7 Å². The predicted molar refractivity (Wildman–Crippen MR) is 133 cm³/mol. The maximum atomic E-state index is 12.5. The highest BCUT2D eigenvalue weighted by atomic mass is 16.2. The van der Waals surface area contributed by atoms with Crippen LogP contribution in [0.5, 0.6) is 0 Å². The van der Waals surface area contributed by atoms with Crippen LogP contribution in [0.25, 0.3) is 0 Å². The number of imide groups is 1. The normalized spacial score (nSPS) is 15.2. The fourth-order valence-electron chi connectivity index (χ4n) is 4.36. The topological polar surface area (TPSA) is 108 Å². The summed E-state index contributed by atoms with van der Waals surface area (Å²) in [7, 11) is 0. The summed E-state index contributed by atoms with van der Waals surface area (Å²) in [6, 6.07) is 15.6. The van der Waals surface area contributed by atoms with E-state index < -0.39 is 17.7 Å². The lowest BCUT2D eigenvalue weighted by molar-refractivity contribution is -0.116. The lowest BCUT2D eigenvalue weighted by Crippen LogP contribution is -2.37. The minimum atomic E-state index is -0.454. The summed E-state index contributed by atoms with van der Waals surface area (Å²) >= 11 is 0. The Balaban J connectivity index is 1.21. The van der Waals surface area contributed by atoms with Crippen molar-refractivity contribution >= 4 is 40.9 Å². The Labute approximate surface area is 203 Å². The van der Waals surface area contributed by atoms with Crippen molar-refractivity contribution in [3.8, 4) is 0 Å². The van der Waals surface area contributed by atoms with Gasteiger partial charge in [-0.1, -0.05) is 12.1 Å². The molecule has 5 rings (SSSR count). The quantitative estimate of drug-likeness (QED) is 0.528. The van der Waals surface area contributed by atoms with Gasteiger partial charge in [0.05, 0.1) is 11.1 Å². The van der Waals surface area contributed by atoms with E-state index in [1.54, 1.807) is 36.4 Å². The van der Waals surface area contributed by atoms with Crippen LogP contribution in [0.3, 0.4) is 0 Å². The van der Waals surface area contributed by atoms with Crippen LogP contribution in [-0.2, 0) is 4.79 Å². The third kappa shape index (κ3) is 4.84. The molecule has 0 radical (unpaired) electrons. The van der Waals surface area contributed by atoms with Crippen LogP contribution in [0, 0.1) is 6.92 Å². The van der Waals surface area contributed by atoms with Crippen molar-refractivity contribution in [1.29, 1.82) is 0 Å². The van der Waals surface area contributed by atoms with Crippen LogP contribution in [0.15, 0.2) is 54.6 Å². The SMILES string of the molecule is Cc1cc(Nc2ccc(NC(=O)CN3C(=O)c4ccccc4C3=O)cc2)nc(N2CCCCC2)n1. The number of nitrogens with one attached hydrogen (secondary N) is 2. The number of carbonyl (C=O) groups is 3. The van der Waals surface area contributed by atoms with E-state index in [2.05, 4.69) is 25.5 Å². The van der Waals surface area contributed by atoms with Gasteiger partial charge in [0.1, 0.15) is 12.4 Å². The van der Waals surface area contributed by atoms with E-state index in [9.17, 15) is 14.4 Å². The third-order valence-electron chi connectivity index (χ3n) is 6.10. The van der Waals surface area contributed by atoms with Gasteiger partial charge < -0.3 is 15.5 Å². The predicted octanol–water partition coefficient (Wildman–Crippen LogP) is 3.75. The minimum absolute atomic E-state index is 0.323. The van der Waals surface area contributed by atoms with Crippen molar-refractivity contribution in [1.82, 2.24) is 14.9 Å². The first-order chi connectivity index (χ1) is 17.0. The highest BCUT2D eigenvalue weighted by Crippen LogP contribution is 2.24. The number of benzene rings is 2. The molecule has 3 aromatic rings. The fourth-order valence-corrected chi connectivity index (χ4v) is 4.36. The average molecular weight is 471 g/mol. The van der Waals surface area contributed by atoms with Crippen molar-refractivity contribution in [2.75, 3.05) is 35.2 Å². The second kappa shape index (κ2) is 9.54. The molecule has 0 aliphatic carbocycles. The number of fused-ring (bicyclic) bond motifs is 1.